The van der Waals surface area contributed by atoms with Crippen molar-refractivity contribution >= 4 is 23.3 Å². The predicted molar refractivity (Wildman–Crippen MR) is 87.5 cm³/mol. The van der Waals surface area contributed by atoms with Crippen molar-refractivity contribution in [2.75, 3.05) is 12.4 Å². The van der Waals surface area contributed by atoms with Gasteiger partial charge in [0.15, 0.2) is 5.11 Å². The highest BCUT2D eigenvalue weighted by atomic mass is 32.1. The van der Waals surface area contributed by atoms with Crippen LogP contribution in [0.15, 0.2) is 36.4 Å². The third-order valence-electron chi connectivity index (χ3n) is 2.91. The highest BCUT2D eigenvalue weighted by molar-refractivity contribution is 7.80. The lowest BCUT2D eigenvalue weighted by Gasteiger charge is -2.17. The molecule has 21 heavy (non-hydrogen) atoms. The molecule has 2 N–H and O–H groups in total. The second-order valence-electron chi connectivity index (χ2n) is 4.61. The lowest BCUT2D eigenvalue weighted by atomic mass is 10.1. The first-order valence-electron chi connectivity index (χ1n) is 6.60. The van der Waals surface area contributed by atoms with E-state index in [4.69, 9.17) is 17.0 Å². The first-order valence-corrected chi connectivity index (χ1v) is 7.01. The predicted octanol–water partition coefficient (Wildman–Crippen LogP) is 2.84. The molecule has 2 rings (SSSR count). The van der Waals surface area contributed by atoms with Crippen LogP contribution in [-0.2, 0) is 0 Å². The van der Waals surface area contributed by atoms with E-state index in [9.17, 15) is 0 Å². The highest BCUT2D eigenvalue weighted by Gasteiger charge is 2.08. The molecular weight excluding hydrogens is 284 g/mol. The highest BCUT2D eigenvalue weighted by Crippen LogP contribution is 2.13. The molecule has 0 aliphatic carbocycles. The molecule has 0 saturated carbocycles. The largest absolute Gasteiger partial charge is 0.481 e. The van der Waals surface area contributed by atoms with Gasteiger partial charge in [0.1, 0.15) is 0 Å². The Bertz CT molecular complexity index is 618. The van der Waals surface area contributed by atoms with Gasteiger partial charge in [-0.3, -0.25) is 0 Å². The summed E-state index contributed by atoms with van der Waals surface area (Å²) in [5, 5.41) is 6.65. The van der Waals surface area contributed by atoms with Crippen molar-refractivity contribution < 1.29 is 4.74 Å². The Hall–Kier alpha value is -2.21. The van der Waals surface area contributed by atoms with E-state index < -0.39 is 0 Å². The average molecular weight is 302 g/mol. The number of nitrogens with one attached hydrogen (secondary N) is 2. The molecule has 2 aromatic rings. The molecule has 0 bridgehead atoms. The Morgan fingerprint density at radius 2 is 1.95 bits per heavy atom. The molecule has 6 heteroatoms. The topological polar surface area (TPSA) is 59.1 Å². The van der Waals surface area contributed by atoms with Crippen LogP contribution in [0.25, 0.3) is 0 Å². The van der Waals surface area contributed by atoms with Gasteiger partial charge in [-0.05, 0) is 31.6 Å². The van der Waals surface area contributed by atoms with Gasteiger partial charge in [-0.25, -0.2) is 4.98 Å². The Kier molecular flexibility index (Phi) is 5.05. The van der Waals surface area contributed by atoms with Crippen molar-refractivity contribution in [3.63, 3.8) is 0 Å². The van der Waals surface area contributed by atoms with Crippen molar-refractivity contribution in [2.45, 2.75) is 19.9 Å². The molecular formula is C15H18N4OS. The fraction of sp³-hybridized carbons (Fsp3) is 0.267. The molecule has 1 atom stereocenters. The van der Waals surface area contributed by atoms with E-state index in [1.807, 2.05) is 44.2 Å². The second-order valence-corrected chi connectivity index (χ2v) is 5.01. The zero-order valence-corrected chi connectivity index (χ0v) is 13.1. The standard InChI is InChI=1S/C15H18N4OS/c1-10-9-13(20-3)18-14(16-10)19-15(21)17-11(2)12-7-5-4-6-8-12/h4-9,11H,1-3H3,(H2,16,17,18,19,21). The maximum atomic E-state index is 5.29. The Morgan fingerprint density at radius 3 is 2.62 bits per heavy atom. The van der Waals surface area contributed by atoms with Crippen LogP contribution in [0.1, 0.15) is 24.2 Å². The van der Waals surface area contributed by atoms with Gasteiger partial charge in [-0.1, -0.05) is 30.3 Å². The molecule has 1 heterocycles. The van der Waals surface area contributed by atoms with Crippen LogP contribution in [-0.4, -0.2) is 22.2 Å². The summed E-state index contributed by atoms with van der Waals surface area (Å²) in [5.74, 6) is 0.925. The van der Waals surface area contributed by atoms with Crippen LogP contribution in [0.2, 0.25) is 0 Å². The van der Waals surface area contributed by atoms with E-state index in [2.05, 4.69) is 20.6 Å². The molecule has 5 nitrogen and oxygen atoms in total. The lowest BCUT2D eigenvalue weighted by Crippen LogP contribution is -2.31. The zero-order chi connectivity index (χ0) is 15.2. The molecule has 0 aliphatic rings. The first-order chi connectivity index (χ1) is 10.1. The average Bonchev–Trinajstić information content (AvgIpc) is 2.47. The zero-order valence-electron chi connectivity index (χ0n) is 12.3. The summed E-state index contributed by atoms with van der Waals surface area (Å²) >= 11 is 5.29. The Balaban J connectivity index is 2.00. The van der Waals surface area contributed by atoms with Crippen LogP contribution in [0.3, 0.4) is 0 Å². The summed E-state index contributed by atoms with van der Waals surface area (Å²) in [4.78, 5) is 8.47. The minimum absolute atomic E-state index is 0.0953. The summed E-state index contributed by atoms with van der Waals surface area (Å²) in [6.07, 6.45) is 0. The van der Waals surface area contributed by atoms with Crippen LogP contribution in [0, 0.1) is 6.92 Å². The SMILES string of the molecule is COc1cc(C)nc(NC(=S)NC(C)c2ccccc2)n1. The third kappa shape index (κ3) is 4.39. The third-order valence-corrected chi connectivity index (χ3v) is 3.13. The van der Waals surface area contributed by atoms with Gasteiger partial charge in [-0.15, -0.1) is 0 Å². The number of nitrogens with zero attached hydrogens (tertiary/aromatic N) is 2. The smallest absolute Gasteiger partial charge is 0.232 e. The molecule has 110 valence electrons. The number of aryl methyl sites for hydroxylation is 1. The molecule has 0 aliphatic heterocycles. The number of aromatic nitrogens is 2. The molecule has 0 radical (unpaired) electrons. The fourth-order valence-electron chi connectivity index (χ4n) is 1.86. The minimum atomic E-state index is 0.0953. The van der Waals surface area contributed by atoms with Crippen molar-refractivity contribution in [3.8, 4) is 5.88 Å². The minimum Gasteiger partial charge on any atom is -0.481 e. The van der Waals surface area contributed by atoms with Crippen LogP contribution >= 0.6 is 12.2 Å². The van der Waals surface area contributed by atoms with E-state index in [0.29, 0.717) is 16.9 Å². The molecule has 1 unspecified atom stereocenters. The van der Waals surface area contributed by atoms with Gasteiger partial charge in [0, 0.05) is 11.8 Å². The quantitative estimate of drug-likeness (QED) is 0.847. The summed E-state index contributed by atoms with van der Waals surface area (Å²) in [5.41, 5.74) is 1.97. The maximum absolute atomic E-state index is 5.29. The van der Waals surface area contributed by atoms with E-state index in [1.165, 1.54) is 0 Å². The molecule has 0 fully saturated rings. The van der Waals surface area contributed by atoms with Crippen molar-refractivity contribution in [1.29, 1.82) is 0 Å². The Labute approximate surface area is 129 Å². The van der Waals surface area contributed by atoms with Crippen LogP contribution < -0.4 is 15.4 Å². The monoisotopic (exact) mass is 302 g/mol. The summed E-state index contributed by atoms with van der Waals surface area (Å²) in [6.45, 7) is 3.92. The number of thiocarbonyl (C=S) groups is 1. The van der Waals surface area contributed by atoms with Crippen LogP contribution in [0.5, 0.6) is 5.88 Å². The van der Waals surface area contributed by atoms with E-state index in [1.54, 1.807) is 13.2 Å². The van der Waals surface area contributed by atoms with Gasteiger partial charge in [-0.2, -0.15) is 4.98 Å². The van der Waals surface area contributed by atoms with E-state index >= 15 is 0 Å². The number of methoxy groups -OCH3 is 1. The van der Waals surface area contributed by atoms with Gasteiger partial charge < -0.3 is 15.4 Å². The lowest BCUT2D eigenvalue weighted by molar-refractivity contribution is 0.397. The molecule has 0 saturated heterocycles. The number of hydrogen-bond acceptors (Lipinski definition) is 4. The van der Waals surface area contributed by atoms with E-state index in [-0.39, 0.29) is 6.04 Å². The van der Waals surface area contributed by atoms with Crippen molar-refractivity contribution in [1.82, 2.24) is 15.3 Å². The fourth-order valence-corrected chi connectivity index (χ4v) is 2.13. The number of hydrogen-bond donors (Lipinski definition) is 2. The molecule has 0 spiro atoms. The maximum Gasteiger partial charge on any atom is 0.232 e. The van der Waals surface area contributed by atoms with Gasteiger partial charge in [0.05, 0.1) is 13.2 Å². The first kappa shape index (κ1) is 15.2. The van der Waals surface area contributed by atoms with Crippen molar-refractivity contribution in [2.24, 2.45) is 0 Å². The molecule has 0 amide bonds. The number of anilines is 1. The van der Waals surface area contributed by atoms with Gasteiger partial charge >= 0.3 is 0 Å². The number of rotatable bonds is 4. The number of benzene rings is 1. The Morgan fingerprint density at radius 1 is 1.24 bits per heavy atom. The normalized spacial score (nSPS) is 11.6. The van der Waals surface area contributed by atoms with Gasteiger partial charge in [0.2, 0.25) is 11.8 Å². The van der Waals surface area contributed by atoms with Crippen LogP contribution in [0.4, 0.5) is 5.95 Å². The molecule has 1 aromatic heterocycles. The van der Waals surface area contributed by atoms with Gasteiger partial charge in [0.25, 0.3) is 0 Å². The summed E-state index contributed by atoms with van der Waals surface area (Å²) in [6, 6.07) is 11.9. The summed E-state index contributed by atoms with van der Waals surface area (Å²) in [7, 11) is 1.57. The summed E-state index contributed by atoms with van der Waals surface area (Å²) < 4.78 is 5.11. The molecule has 1 aromatic carbocycles. The van der Waals surface area contributed by atoms with Crippen molar-refractivity contribution in [3.05, 3.63) is 47.7 Å². The number of ether oxygens (including phenoxy) is 1. The van der Waals surface area contributed by atoms with E-state index in [0.717, 1.165) is 11.3 Å². The second kappa shape index (κ2) is 6.99.